The molecule has 1 heterocycles. The number of aryl methyl sites for hydroxylation is 1. The van der Waals surface area contributed by atoms with Crippen LogP contribution in [0.5, 0.6) is 0 Å². The summed E-state index contributed by atoms with van der Waals surface area (Å²) in [5, 5.41) is 7.54. The number of rotatable bonds is 2. The second-order valence-electron chi connectivity index (χ2n) is 3.31. The molecule has 1 atom stereocenters. The number of benzene rings is 1. The van der Waals surface area contributed by atoms with E-state index in [4.69, 9.17) is 5.73 Å². The molecule has 0 radical (unpaired) electrons. The number of nitrogens with two attached hydrogens (primary N) is 1. The van der Waals surface area contributed by atoms with Crippen LogP contribution in [0.4, 0.5) is 4.39 Å². The summed E-state index contributed by atoms with van der Waals surface area (Å²) < 4.78 is 14.3. The highest BCUT2D eigenvalue weighted by Gasteiger charge is 2.12. The van der Waals surface area contributed by atoms with E-state index in [2.05, 4.69) is 10.3 Å². The molecule has 1 aromatic heterocycles. The van der Waals surface area contributed by atoms with Crippen LogP contribution in [0.15, 0.2) is 30.5 Å². The van der Waals surface area contributed by atoms with Crippen LogP contribution in [0, 0.1) is 5.82 Å². The highest BCUT2D eigenvalue weighted by atomic mass is 19.1. The summed E-state index contributed by atoms with van der Waals surface area (Å²) in [5.41, 5.74) is 7.62. The molecule has 0 saturated carbocycles. The molecule has 0 saturated heterocycles. The molecule has 0 aliphatic rings. The molecule has 5 heteroatoms. The average molecular weight is 206 g/mol. The lowest BCUT2D eigenvalue weighted by molar-refractivity contribution is 0.623. The normalized spacial score (nSPS) is 12.7. The maximum atomic E-state index is 12.7. The van der Waals surface area contributed by atoms with Crippen molar-refractivity contribution in [1.29, 1.82) is 0 Å². The number of halogens is 1. The molecule has 0 bridgehead atoms. The van der Waals surface area contributed by atoms with Gasteiger partial charge in [0.05, 0.1) is 17.9 Å². The molecule has 2 N–H and O–H groups in total. The van der Waals surface area contributed by atoms with E-state index >= 15 is 0 Å². The highest BCUT2D eigenvalue weighted by Crippen LogP contribution is 2.17. The summed E-state index contributed by atoms with van der Waals surface area (Å²) in [6, 6.07) is 5.77. The number of aromatic nitrogens is 3. The lowest BCUT2D eigenvalue weighted by Crippen LogP contribution is -2.15. The van der Waals surface area contributed by atoms with E-state index in [9.17, 15) is 4.39 Å². The van der Waals surface area contributed by atoms with E-state index in [1.165, 1.54) is 12.1 Å². The lowest BCUT2D eigenvalue weighted by atomic mass is 10.1. The Morgan fingerprint density at radius 1 is 1.33 bits per heavy atom. The second-order valence-corrected chi connectivity index (χ2v) is 3.31. The monoisotopic (exact) mass is 206 g/mol. The van der Waals surface area contributed by atoms with Gasteiger partial charge in [0.15, 0.2) is 0 Å². The maximum absolute atomic E-state index is 12.7. The van der Waals surface area contributed by atoms with Crippen molar-refractivity contribution < 1.29 is 4.39 Å². The molecule has 0 aliphatic heterocycles. The van der Waals surface area contributed by atoms with Crippen molar-refractivity contribution in [3.05, 3.63) is 47.5 Å². The first-order chi connectivity index (χ1) is 7.18. The number of hydrogen-bond acceptors (Lipinski definition) is 3. The van der Waals surface area contributed by atoms with Crippen LogP contribution in [0.2, 0.25) is 0 Å². The molecule has 0 fully saturated rings. The van der Waals surface area contributed by atoms with Crippen molar-refractivity contribution in [1.82, 2.24) is 15.0 Å². The molecule has 15 heavy (non-hydrogen) atoms. The number of hydrogen-bond donors (Lipinski definition) is 1. The van der Waals surface area contributed by atoms with Gasteiger partial charge >= 0.3 is 0 Å². The van der Waals surface area contributed by atoms with E-state index in [1.807, 2.05) is 0 Å². The Labute approximate surface area is 86.5 Å². The van der Waals surface area contributed by atoms with Crippen LogP contribution < -0.4 is 5.73 Å². The van der Waals surface area contributed by atoms with Gasteiger partial charge in [-0.05, 0) is 17.7 Å². The Morgan fingerprint density at radius 2 is 2.00 bits per heavy atom. The topological polar surface area (TPSA) is 56.7 Å². The second kappa shape index (κ2) is 3.78. The van der Waals surface area contributed by atoms with Gasteiger partial charge in [-0.25, -0.2) is 4.39 Å². The predicted octanol–water partition coefficient (Wildman–Crippen LogP) is 1.00. The van der Waals surface area contributed by atoms with Crippen LogP contribution in [0.3, 0.4) is 0 Å². The lowest BCUT2D eigenvalue weighted by Gasteiger charge is -2.11. The summed E-state index contributed by atoms with van der Waals surface area (Å²) in [5.74, 6) is -0.269. The van der Waals surface area contributed by atoms with Gasteiger partial charge in [0.25, 0.3) is 0 Å². The fourth-order valence-electron chi connectivity index (χ4n) is 1.42. The van der Waals surface area contributed by atoms with Crippen molar-refractivity contribution >= 4 is 0 Å². The minimum atomic E-state index is -0.328. The Morgan fingerprint density at radius 3 is 2.53 bits per heavy atom. The fraction of sp³-hybridized carbons (Fsp3) is 0.200. The SMILES string of the molecule is Cn1nncc1C(N)c1ccc(F)cc1. The summed E-state index contributed by atoms with van der Waals surface area (Å²) in [6.45, 7) is 0. The van der Waals surface area contributed by atoms with Crippen LogP contribution >= 0.6 is 0 Å². The van der Waals surface area contributed by atoms with E-state index in [0.717, 1.165) is 11.3 Å². The standard InChI is InChI=1S/C10H11FN4/c1-15-9(6-13-14-15)10(12)7-2-4-8(11)5-3-7/h2-6,10H,12H2,1H3. The molecule has 4 nitrogen and oxygen atoms in total. The summed E-state index contributed by atoms with van der Waals surface area (Å²) in [6.07, 6.45) is 1.61. The zero-order chi connectivity index (χ0) is 10.8. The van der Waals surface area contributed by atoms with Gasteiger partial charge in [-0.3, -0.25) is 4.68 Å². The smallest absolute Gasteiger partial charge is 0.123 e. The Hall–Kier alpha value is -1.75. The van der Waals surface area contributed by atoms with E-state index in [1.54, 1.807) is 30.1 Å². The first-order valence-electron chi connectivity index (χ1n) is 4.54. The first kappa shape index (κ1) is 9.79. The van der Waals surface area contributed by atoms with Crippen molar-refractivity contribution in [2.45, 2.75) is 6.04 Å². The third-order valence-electron chi connectivity index (χ3n) is 2.30. The zero-order valence-electron chi connectivity index (χ0n) is 8.26. The maximum Gasteiger partial charge on any atom is 0.123 e. The van der Waals surface area contributed by atoms with Gasteiger partial charge < -0.3 is 5.73 Å². The minimum absolute atomic E-state index is 0.269. The number of nitrogens with zero attached hydrogens (tertiary/aromatic N) is 3. The van der Waals surface area contributed by atoms with Crippen molar-refractivity contribution in [3.8, 4) is 0 Å². The summed E-state index contributed by atoms with van der Waals surface area (Å²) in [7, 11) is 1.77. The minimum Gasteiger partial charge on any atom is -0.319 e. The average Bonchev–Trinajstić information content (AvgIpc) is 2.65. The van der Waals surface area contributed by atoms with Crippen molar-refractivity contribution in [2.24, 2.45) is 12.8 Å². The third-order valence-corrected chi connectivity index (χ3v) is 2.30. The molecule has 78 valence electrons. The fourth-order valence-corrected chi connectivity index (χ4v) is 1.42. The van der Waals surface area contributed by atoms with Gasteiger partial charge in [0.1, 0.15) is 5.82 Å². The summed E-state index contributed by atoms with van der Waals surface area (Å²) >= 11 is 0. The first-order valence-corrected chi connectivity index (χ1v) is 4.54. The molecule has 0 aliphatic carbocycles. The molecule has 2 aromatic rings. The van der Waals surface area contributed by atoms with Crippen molar-refractivity contribution in [2.75, 3.05) is 0 Å². The van der Waals surface area contributed by atoms with E-state index in [0.29, 0.717) is 0 Å². The van der Waals surface area contributed by atoms with Gasteiger partial charge in [-0.1, -0.05) is 17.3 Å². The van der Waals surface area contributed by atoms with Crippen LogP contribution in [0.1, 0.15) is 17.3 Å². The van der Waals surface area contributed by atoms with E-state index in [-0.39, 0.29) is 11.9 Å². The zero-order valence-corrected chi connectivity index (χ0v) is 8.26. The third kappa shape index (κ3) is 1.87. The largest absolute Gasteiger partial charge is 0.319 e. The molecular formula is C10H11FN4. The van der Waals surface area contributed by atoms with Gasteiger partial charge in [-0.2, -0.15) is 0 Å². The quantitative estimate of drug-likeness (QED) is 0.797. The molecule has 0 amide bonds. The van der Waals surface area contributed by atoms with Crippen molar-refractivity contribution in [3.63, 3.8) is 0 Å². The molecule has 0 spiro atoms. The Kier molecular flexibility index (Phi) is 2.47. The summed E-state index contributed by atoms with van der Waals surface area (Å²) in [4.78, 5) is 0. The van der Waals surface area contributed by atoms with Crippen LogP contribution in [0.25, 0.3) is 0 Å². The molecule has 1 unspecified atom stereocenters. The van der Waals surface area contributed by atoms with Gasteiger partial charge in [-0.15, -0.1) is 5.10 Å². The highest BCUT2D eigenvalue weighted by molar-refractivity contribution is 5.26. The molecular weight excluding hydrogens is 195 g/mol. The van der Waals surface area contributed by atoms with E-state index < -0.39 is 0 Å². The van der Waals surface area contributed by atoms with Crippen LogP contribution in [-0.4, -0.2) is 15.0 Å². The Balaban J connectivity index is 2.32. The van der Waals surface area contributed by atoms with Gasteiger partial charge in [0.2, 0.25) is 0 Å². The Bertz CT molecular complexity index is 449. The molecule has 1 aromatic carbocycles. The predicted molar refractivity (Wildman–Crippen MR) is 53.4 cm³/mol. The molecule has 2 rings (SSSR count). The van der Waals surface area contributed by atoms with Gasteiger partial charge in [0, 0.05) is 7.05 Å². The van der Waals surface area contributed by atoms with Crippen LogP contribution in [-0.2, 0) is 7.05 Å².